The highest BCUT2D eigenvalue weighted by Crippen LogP contribution is 2.53. The number of carbonyl (C=O) groups excluding carboxylic acids is 2. The number of benzene rings is 1. The molecule has 1 aliphatic carbocycles. The molecule has 9 heteroatoms. The maximum atomic E-state index is 14.4. The van der Waals surface area contributed by atoms with Gasteiger partial charge < -0.3 is 23.8 Å². The van der Waals surface area contributed by atoms with Crippen molar-refractivity contribution in [2.24, 2.45) is 11.3 Å². The molecule has 1 saturated carbocycles. The lowest BCUT2D eigenvalue weighted by molar-refractivity contribution is -0.160. The van der Waals surface area contributed by atoms with E-state index in [4.69, 9.17) is 18.9 Å². The summed E-state index contributed by atoms with van der Waals surface area (Å²) in [6, 6.07) is 8.93. The molecule has 0 bridgehead atoms. The maximum Gasteiger partial charge on any atom is 0.329 e. The second-order valence-electron chi connectivity index (χ2n) is 12.3. The SMILES string of the molecule is CCOC(=O)[C@@H]1[C@@H](C(C)(C)C)[C@H](OCc2cc(Br)cnc2OC)[C@H](c2ccccc2C2CC2)N1C(=O)[C@@H]1CCCO1. The van der Waals surface area contributed by atoms with Crippen LogP contribution in [0.2, 0.25) is 0 Å². The Kier molecular flexibility index (Phi) is 9.07. The van der Waals surface area contributed by atoms with Crippen LogP contribution in [0, 0.1) is 11.3 Å². The van der Waals surface area contributed by atoms with Gasteiger partial charge >= 0.3 is 5.97 Å². The van der Waals surface area contributed by atoms with Crippen molar-refractivity contribution in [1.82, 2.24) is 9.88 Å². The summed E-state index contributed by atoms with van der Waals surface area (Å²) in [6.07, 6.45) is 4.27. The Bertz CT molecular complexity index is 1250. The summed E-state index contributed by atoms with van der Waals surface area (Å²) in [5, 5.41) is 0. The van der Waals surface area contributed by atoms with E-state index in [1.165, 1.54) is 5.56 Å². The fourth-order valence-corrected chi connectivity index (χ4v) is 6.94. The first-order valence-corrected chi connectivity index (χ1v) is 15.4. The van der Waals surface area contributed by atoms with E-state index in [1.807, 2.05) is 12.1 Å². The second kappa shape index (κ2) is 12.4. The molecule has 1 aromatic heterocycles. The first-order chi connectivity index (χ1) is 19.7. The van der Waals surface area contributed by atoms with E-state index in [2.05, 4.69) is 59.9 Å². The number of nitrogens with zero attached hydrogens (tertiary/aromatic N) is 2. The summed E-state index contributed by atoms with van der Waals surface area (Å²) in [5.41, 5.74) is 2.63. The molecule has 0 unspecified atom stereocenters. The van der Waals surface area contributed by atoms with Crippen LogP contribution in [-0.4, -0.2) is 60.3 Å². The van der Waals surface area contributed by atoms with Crippen LogP contribution < -0.4 is 4.74 Å². The molecule has 1 aromatic carbocycles. The van der Waals surface area contributed by atoms with E-state index >= 15 is 0 Å². The van der Waals surface area contributed by atoms with Crippen molar-refractivity contribution >= 4 is 27.8 Å². The lowest BCUT2D eigenvalue weighted by atomic mass is 9.73. The van der Waals surface area contributed by atoms with E-state index in [-0.39, 0.29) is 25.0 Å². The minimum atomic E-state index is -0.823. The largest absolute Gasteiger partial charge is 0.481 e. The van der Waals surface area contributed by atoms with E-state index in [0.29, 0.717) is 24.8 Å². The second-order valence-corrected chi connectivity index (χ2v) is 13.2. The predicted molar refractivity (Wildman–Crippen MR) is 157 cm³/mol. The predicted octanol–water partition coefficient (Wildman–Crippen LogP) is 5.97. The summed E-state index contributed by atoms with van der Waals surface area (Å²) in [7, 11) is 1.58. The molecule has 8 nitrogen and oxygen atoms in total. The summed E-state index contributed by atoms with van der Waals surface area (Å²) < 4.78 is 24.8. The van der Waals surface area contributed by atoms with Crippen LogP contribution in [0.15, 0.2) is 41.0 Å². The normalized spacial score (nSPS) is 26.3. The summed E-state index contributed by atoms with van der Waals surface area (Å²) in [5.74, 6) is -0.00717. The van der Waals surface area contributed by atoms with E-state index in [0.717, 1.165) is 34.9 Å². The number of esters is 1. The zero-order chi connectivity index (χ0) is 29.3. The Morgan fingerprint density at radius 3 is 2.49 bits per heavy atom. The van der Waals surface area contributed by atoms with Crippen molar-refractivity contribution in [2.75, 3.05) is 20.3 Å². The van der Waals surface area contributed by atoms with Gasteiger partial charge in [0.1, 0.15) is 12.1 Å². The monoisotopic (exact) mass is 628 g/mol. The highest BCUT2D eigenvalue weighted by Gasteiger charge is 2.60. The number of halogens is 1. The van der Waals surface area contributed by atoms with Gasteiger partial charge in [0.15, 0.2) is 0 Å². The molecule has 0 spiro atoms. The number of methoxy groups -OCH3 is 1. The molecule has 5 rings (SSSR count). The molecule has 0 N–H and O–H groups in total. The van der Waals surface area contributed by atoms with Gasteiger partial charge in [-0.25, -0.2) is 9.78 Å². The molecular weight excluding hydrogens is 588 g/mol. The fraction of sp³-hybridized carbons (Fsp3) is 0.594. The van der Waals surface area contributed by atoms with Gasteiger partial charge in [-0.1, -0.05) is 45.0 Å². The summed E-state index contributed by atoms with van der Waals surface area (Å²) in [6.45, 7) is 9.07. The van der Waals surface area contributed by atoms with Crippen LogP contribution in [-0.2, 0) is 30.4 Å². The van der Waals surface area contributed by atoms with Crippen molar-refractivity contribution in [3.8, 4) is 5.88 Å². The number of aromatic nitrogens is 1. The quantitative estimate of drug-likeness (QED) is 0.316. The third kappa shape index (κ3) is 6.18. The average molecular weight is 630 g/mol. The molecule has 2 aliphatic heterocycles. The molecule has 1 amide bonds. The lowest BCUT2D eigenvalue weighted by Gasteiger charge is -2.35. The zero-order valence-electron chi connectivity index (χ0n) is 24.6. The number of ether oxygens (including phenoxy) is 4. The number of hydrogen-bond donors (Lipinski definition) is 0. The Morgan fingerprint density at radius 1 is 1.15 bits per heavy atom. The summed E-state index contributed by atoms with van der Waals surface area (Å²) >= 11 is 3.51. The molecule has 222 valence electrons. The van der Waals surface area contributed by atoms with Crippen LogP contribution in [0.1, 0.15) is 82.0 Å². The van der Waals surface area contributed by atoms with Gasteiger partial charge in [0, 0.05) is 28.8 Å². The van der Waals surface area contributed by atoms with Gasteiger partial charge in [-0.05, 0) is 77.1 Å². The smallest absolute Gasteiger partial charge is 0.329 e. The molecule has 3 aliphatic rings. The Balaban J connectivity index is 1.66. The highest BCUT2D eigenvalue weighted by atomic mass is 79.9. The maximum absolute atomic E-state index is 14.4. The van der Waals surface area contributed by atoms with Crippen molar-refractivity contribution in [1.29, 1.82) is 0 Å². The molecule has 0 radical (unpaired) electrons. The van der Waals surface area contributed by atoms with Gasteiger partial charge in [0.2, 0.25) is 5.88 Å². The molecule has 41 heavy (non-hydrogen) atoms. The lowest BCUT2D eigenvalue weighted by Crippen LogP contribution is -2.50. The third-order valence-corrected chi connectivity index (χ3v) is 8.87. The first kappa shape index (κ1) is 30.0. The van der Waals surface area contributed by atoms with Crippen LogP contribution in [0.25, 0.3) is 0 Å². The van der Waals surface area contributed by atoms with E-state index in [1.54, 1.807) is 25.1 Å². The van der Waals surface area contributed by atoms with Crippen LogP contribution in [0.3, 0.4) is 0 Å². The standard InChI is InChI=1S/C32H41BrN2O6/c1-6-39-31(37)27-25(32(2,3)4)28(41-18-20-16-21(33)17-34-29(20)38-5)26(35(27)30(36)24-12-9-15-40-24)23-11-8-7-10-22(23)19-13-14-19/h7-8,10-11,16-17,19,24-28H,6,9,12-15,18H2,1-5H3/t24-,25+,26-,27-,28-/m0/s1. The average Bonchev–Trinajstić information content (AvgIpc) is 3.51. The molecule has 3 heterocycles. The number of rotatable bonds is 9. The first-order valence-electron chi connectivity index (χ1n) is 14.6. The topological polar surface area (TPSA) is 87.2 Å². The molecular formula is C32H41BrN2O6. The minimum absolute atomic E-state index is 0.168. The van der Waals surface area contributed by atoms with Crippen molar-refractivity contribution in [3.05, 3.63) is 57.7 Å². The fourth-order valence-electron chi connectivity index (χ4n) is 6.56. The van der Waals surface area contributed by atoms with Gasteiger partial charge in [-0.15, -0.1) is 0 Å². The Labute approximate surface area is 251 Å². The molecule has 5 atom stereocenters. The van der Waals surface area contributed by atoms with Gasteiger partial charge in [-0.3, -0.25) is 4.79 Å². The van der Waals surface area contributed by atoms with E-state index in [9.17, 15) is 9.59 Å². The van der Waals surface area contributed by atoms with Crippen LogP contribution >= 0.6 is 15.9 Å². The number of carbonyl (C=O) groups is 2. The molecule has 2 aromatic rings. The number of hydrogen-bond acceptors (Lipinski definition) is 7. The number of likely N-dealkylation sites (tertiary alicyclic amines) is 1. The van der Waals surface area contributed by atoms with Crippen molar-refractivity contribution < 1.29 is 28.5 Å². The third-order valence-electron chi connectivity index (χ3n) is 8.44. The highest BCUT2D eigenvalue weighted by molar-refractivity contribution is 9.10. The number of amides is 1. The van der Waals surface area contributed by atoms with Gasteiger partial charge in [-0.2, -0.15) is 0 Å². The van der Waals surface area contributed by atoms with Crippen molar-refractivity contribution in [2.45, 2.75) is 90.2 Å². The minimum Gasteiger partial charge on any atom is -0.481 e. The van der Waals surface area contributed by atoms with Crippen molar-refractivity contribution in [3.63, 3.8) is 0 Å². The Morgan fingerprint density at radius 2 is 1.88 bits per heavy atom. The molecule has 3 fully saturated rings. The van der Waals surface area contributed by atoms with Gasteiger partial charge in [0.25, 0.3) is 5.91 Å². The van der Waals surface area contributed by atoms with Gasteiger partial charge in [0.05, 0.1) is 32.5 Å². The van der Waals surface area contributed by atoms with Crippen LogP contribution in [0.4, 0.5) is 0 Å². The zero-order valence-corrected chi connectivity index (χ0v) is 26.2. The van der Waals surface area contributed by atoms with Crippen LogP contribution in [0.5, 0.6) is 5.88 Å². The number of pyridine rings is 1. The van der Waals surface area contributed by atoms with E-state index < -0.39 is 35.7 Å². The Hall–Kier alpha value is -2.49. The molecule has 2 saturated heterocycles. The summed E-state index contributed by atoms with van der Waals surface area (Å²) in [4.78, 5) is 34.4.